The van der Waals surface area contributed by atoms with Crippen LogP contribution in [0.1, 0.15) is 34.8 Å². The van der Waals surface area contributed by atoms with Gasteiger partial charge in [0.15, 0.2) is 5.82 Å². The van der Waals surface area contributed by atoms with E-state index < -0.39 is 0 Å². The van der Waals surface area contributed by atoms with Gasteiger partial charge in [0.25, 0.3) is 5.56 Å². The lowest BCUT2D eigenvalue weighted by molar-refractivity contribution is 0.0739. The van der Waals surface area contributed by atoms with Crippen LogP contribution in [-0.4, -0.2) is 47.3 Å². The second-order valence-electron chi connectivity index (χ2n) is 8.46. The van der Waals surface area contributed by atoms with E-state index in [1.165, 1.54) is 23.4 Å². The Hall–Kier alpha value is -2.74. The monoisotopic (exact) mass is 393 g/mol. The number of rotatable bonds is 5. The molecule has 0 spiro atoms. The Labute approximate surface area is 169 Å². The van der Waals surface area contributed by atoms with Gasteiger partial charge in [0, 0.05) is 44.4 Å². The normalized spacial score (nSPS) is 16.9. The summed E-state index contributed by atoms with van der Waals surface area (Å²) in [5.74, 6) is 1.13. The molecule has 1 aliphatic heterocycles. The molecule has 4 heterocycles. The Morgan fingerprint density at radius 2 is 1.93 bits per heavy atom. The average molecular weight is 393 g/mol. The predicted molar refractivity (Wildman–Crippen MR) is 109 cm³/mol. The van der Waals surface area contributed by atoms with Crippen molar-refractivity contribution in [2.45, 2.75) is 46.2 Å². The fourth-order valence-corrected chi connectivity index (χ4v) is 4.70. The summed E-state index contributed by atoms with van der Waals surface area (Å²) in [4.78, 5) is 14.8. The fraction of sp³-hybridized carbons (Fsp3) is 0.524. The molecule has 8 heteroatoms. The van der Waals surface area contributed by atoms with Crippen LogP contribution >= 0.6 is 0 Å². The molecule has 0 unspecified atom stereocenters. The number of nitrogens with zero attached hydrogens (tertiary/aromatic N) is 7. The van der Waals surface area contributed by atoms with E-state index in [0.29, 0.717) is 18.3 Å². The summed E-state index contributed by atoms with van der Waals surface area (Å²) in [5.41, 5.74) is 6.01. The molecule has 0 N–H and O–H groups in total. The maximum Gasteiger partial charge on any atom is 0.266 e. The minimum atomic E-state index is -0.0572. The number of fused-ring (bicyclic) bond motifs is 1. The van der Waals surface area contributed by atoms with Crippen molar-refractivity contribution in [3.63, 3.8) is 0 Å². The van der Waals surface area contributed by atoms with Crippen molar-refractivity contribution in [2.24, 2.45) is 13.0 Å². The Morgan fingerprint density at radius 1 is 1.10 bits per heavy atom. The van der Waals surface area contributed by atoms with Gasteiger partial charge in [-0.3, -0.25) is 14.4 Å². The molecule has 0 atom stereocenters. The van der Waals surface area contributed by atoms with Crippen LogP contribution in [0, 0.1) is 19.8 Å². The zero-order chi connectivity index (χ0) is 20.1. The first-order valence-electron chi connectivity index (χ1n) is 10.4. The quantitative estimate of drug-likeness (QED) is 0.655. The summed E-state index contributed by atoms with van der Waals surface area (Å²) in [7, 11) is 2.05. The number of hydrogen-bond donors (Lipinski definition) is 0. The molecule has 2 aliphatic rings. The molecule has 1 fully saturated rings. The van der Waals surface area contributed by atoms with Gasteiger partial charge in [0.2, 0.25) is 0 Å². The van der Waals surface area contributed by atoms with Gasteiger partial charge in [0.1, 0.15) is 0 Å². The maximum absolute atomic E-state index is 12.3. The van der Waals surface area contributed by atoms with E-state index in [2.05, 4.69) is 31.9 Å². The minimum absolute atomic E-state index is 0.0572. The Bertz CT molecular complexity index is 1120. The molecular weight excluding hydrogens is 366 g/mol. The number of likely N-dealkylation sites (tertiary alicyclic amines) is 1. The standard InChI is InChI=1S/C21H27N7O/c1-14-9-15(2)28(22-14)20-7-8-21(29)27(24-20)12-16-10-26(11-16)13-19-17-5-4-6-18(17)23-25(19)3/h7-9,16H,4-6,10-13H2,1-3H3. The molecule has 0 saturated carbocycles. The van der Waals surface area contributed by atoms with Crippen molar-refractivity contribution in [2.75, 3.05) is 13.1 Å². The fourth-order valence-electron chi connectivity index (χ4n) is 4.70. The van der Waals surface area contributed by atoms with Gasteiger partial charge >= 0.3 is 0 Å². The Balaban J connectivity index is 1.25. The van der Waals surface area contributed by atoms with Crippen molar-refractivity contribution in [3.8, 4) is 5.82 Å². The summed E-state index contributed by atoms with van der Waals surface area (Å²) in [6, 6.07) is 5.35. The van der Waals surface area contributed by atoms with Gasteiger partial charge in [-0.2, -0.15) is 10.2 Å². The molecule has 0 bridgehead atoms. The van der Waals surface area contributed by atoms with Gasteiger partial charge < -0.3 is 0 Å². The molecule has 0 amide bonds. The third kappa shape index (κ3) is 3.31. The van der Waals surface area contributed by atoms with Crippen LogP contribution in [0.2, 0.25) is 0 Å². The SMILES string of the molecule is Cc1cc(C)n(-c2ccc(=O)n(CC3CN(Cc4c5c(nn4C)CCC5)C3)n2)n1. The van der Waals surface area contributed by atoms with E-state index in [0.717, 1.165) is 43.9 Å². The number of aromatic nitrogens is 6. The van der Waals surface area contributed by atoms with Gasteiger partial charge in [-0.25, -0.2) is 9.36 Å². The number of hydrogen-bond acceptors (Lipinski definition) is 5. The average Bonchev–Trinajstić information content (AvgIpc) is 3.30. The van der Waals surface area contributed by atoms with E-state index in [1.807, 2.05) is 19.9 Å². The summed E-state index contributed by atoms with van der Waals surface area (Å²) < 4.78 is 5.44. The lowest BCUT2D eigenvalue weighted by Gasteiger charge is -2.39. The molecule has 3 aromatic heterocycles. The molecule has 1 aliphatic carbocycles. The molecular formula is C21H27N7O. The number of aryl methyl sites for hydroxylation is 4. The molecule has 0 radical (unpaired) electrons. The van der Waals surface area contributed by atoms with Crippen LogP contribution in [0.15, 0.2) is 23.0 Å². The molecule has 8 nitrogen and oxygen atoms in total. The maximum atomic E-state index is 12.3. The van der Waals surface area contributed by atoms with Crippen LogP contribution in [0.3, 0.4) is 0 Å². The van der Waals surface area contributed by atoms with Crippen LogP contribution in [0.5, 0.6) is 0 Å². The van der Waals surface area contributed by atoms with E-state index in [1.54, 1.807) is 21.5 Å². The summed E-state index contributed by atoms with van der Waals surface area (Å²) >= 11 is 0. The molecule has 0 aromatic carbocycles. The summed E-state index contributed by atoms with van der Waals surface area (Å²) in [5, 5.41) is 13.7. The highest BCUT2D eigenvalue weighted by Crippen LogP contribution is 2.27. The second kappa shape index (κ2) is 6.95. The molecule has 29 heavy (non-hydrogen) atoms. The zero-order valence-corrected chi connectivity index (χ0v) is 17.3. The second-order valence-corrected chi connectivity index (χ2v) is 8.46. The van der Waals surface area contributed by atoms with E-state index in [-0.39, 0.29) is 5.56 Å². The first kappa shape index (κ1) is 18.3. The highest BCUT2D eigenvalue weighted by Gasteiger charge is 2.30. The first-order chi connectivity index (χ1) is 14.0. The van der Waals surface area contributed by atoms with Crippen LogP contribution in [0.4, 0.5) is 0 Å². The van der Waals surface area contributed by atoms with Crippen molar-refractivity contribution >= 4 is 0 Å². The topological polar surface area (TPSA) is 73.8 Å². The molecule has 3 aromatic rings. The summed E-state index contributed by atoms with van der Waals surface area (Å²) in [6.07, 6.45) is 3.51. The largest absolute Gasteiger partial charge is 0.297 e. The van der Waals surface area contributed by atoms with Crippen molar-refractivity contribution in [3.05, 3.63) is 56.9 Å². The van der Waals surface area contributed by atoms with E-state index >= 15 is 0 Å². The van der Waals surface area contributed by atoms with Crippen molar-refractivity contribution in [1.29, 1.82) is 0 Å². The smallest absolute Gasteiger partial charge is 0.266 e. The molecule has 5 rings (SSSR count). The Kier molecular flexibility index (Phi) is 4.38. The molecule has 152 valence electrons. The molecule has 1 saturated heterocycles. The minimum Gasteiger partial charge on any atom is -0.297 e. The zero-order valence-electron chi connectivity index (χ0n) is 17.3. The third-order valence-corrected chi connectivity index (χ3v) is 6.11. The van der Waals surface area contributed by atoms with Crippen LogP contribution < -0.4 is 5.56 Å². The highest BCUT2D eigenvalue weighted by molar-refractivity contribution is 5.30. The van der Waals surface area contributed by atoms with Gasteiger partial charge in [-0.15, -0.1) is 5.10 Å². The lowest BCUT2D eigenvalue weighted by Crippen LogP contribution is -2.49. The highest BCUT2D eigenvalue weighted by atomic mass is 16.1. The summed E-state index contributed by atoms with van der Waals surface area (Å²) in [6.45, 7) is 7.52. The predicted octanol–water partition coefficient (Wildman–Crippen LogP) is 1.40. The van der Waals surface area contributed by atoms with Crippen LogP contribution in [-0.2, 0) is 33.0 Å². The van der Waals surface area contributed by atoms with E-state index in [4.69, 9.17) is 0 Å². The van der Waals surface area contributed by atoms with E-state index in [9.17, 15) is 4.79 Å². The first-order valence-corrected chi connectivity index (χ1v) is 10.4. The van der Waals surface area contributed by atoms with Gasteiger partial charge in [-0.05, 0) is 50.8 Å². The van der Waals surface area contributed by atoms with Crippen molar-refractivity contribution < 1.29 is 0 Å². The lowest BCUT2D eigenvalue weighted by atomic mass is 9.99. The third-order valence-electron chi connectivity index (χ3n) is 6.11. The van der Waals surface area contributed by atoms with Crippen molar-refractivity contribution in [1.82, 2.24) is 34.2 Å². The van der Waals surface area contributed by atoms with Gasteiger partial charge in [-0.1, -0.05) is 0 Å². The van der Waals surface area contributed by atoms with Gasteiger partial charge in [0.05, 0.1) is 23.6 Å². The Morgan fingerprint density at radius 3 is 2.69 bits per heavy atom. The van der Waals surface area contributed by atoms with Crippen LogP contribution in [0.25, 0.3) is 5.82 Å².